The molecular weight excluding hydrogens is 296 g/mol. The third-order valence-corrected chi connectivity index (χ3v) is 4.07. The smallest absolute Gasteiger partial charge is 0.411 e. The zero-order valence-corrected chi connectivity index (χ0v) is 13.4. The minimum atomic E-state index is -2.96. The number of hydrogen-bond acceptors (Lipinski definition) is 4. The van der Waals surface area contributed by atoms with Gasteiger partial charge >= 0.3 is 12.1 Å². The first-order chi connectivity index (χ1) is 10.1. The molecule has 3 rings (SSSR count). The second kappa shape index (κ2) is 5.66. The quantitative estimate of drug-likeness (QED) is 0.734. The fourth-order valence-corrected chi connectivity index (χ4v) is 3.28. The monoisotopic (exact) mass is 319 g/mol. The molecule has 5 nitrogen and oxygen atoms in total. The maximum atomic E-state index is 14.1. The van der Waals surface area contributed by atoms with Crippen LogP contribution in [0.5, 0.6) is 0 Å². The molecule has 1 aliphatic carbocycles. The van der Waals surface area contributed by atoms with Crippen LogP contribution in [0.2, 0.25) is 0 Å². The van der Waals surface area contributed by atoms with Crippen LogP contribution < -0.4 is 0 Å². The molecule has 0 aromatic heterocycles. The number of alkyl halides is 2. The number of amides is 1. The van der Waals surface area contributed by atoms with Gasteiger partial charge in [-0.15, -0.1) is 0 Å². The molecule has 3 aliphatic rings. The molecular formula is C15H23F2NO4. The van der Waals surface area contributed by atoms with Crippen molar-refractivity contribution in [1.29, 1.82) is 0 Å². The number of piperidine rings is 2. The number of esters is 1. The number of fused-ring (bicyclic) bond motifs is 3. The summed E-state index contributed by atoms with van der Waals surface area (Å²) in [7, 11) is 0. The summed E-state index contributed by atoms with van der Waals surface area (Å²) in [6.45, 7) is 6.78. The average molecular weight is 319 g/mol. The van der Waals surface area contributed by atoms with Crippen LogP contribution in [0.25, 0.3) is 0 Å². The first-order valence-electron chi connectivity index (χ1n) is 7.62. The second-order valence-electron chi connectivity index (χ2n) is 6.89. The summed E-state index contributed by atoms with van der Waals surface area (Å²) >= 11 is 0. The summed E-state index contributed by atoms with van der Waals surface area (Å²) in [5, 5.41) is 0. The van der Waals surface area contributed by atoms with E-state index in [-0.39, 0.29) is 13.0 Å². The van der Waals surface area contributed by atoms with E-state index >= 15 is 0 Å². The van der Waals surface area contributed by atoms with Crippen LogP contribution in [0.3, 0.4) is 0 Å². The first-order valence-corrected chi connectivity index (χ1v) is 7.62. The van der Waals surface area contributed by atoms with E-state index in [4.69, 9.17) is 9.47 Å². The van der Waals surface area contributed by atoms with Gasteiger partial charge in [0.15, 0.2) is 0 Å². The third-order valence-electron chi connectivity index (χ3n) is 4.07. The van der Waals surface area contributed by atoms with Gasteiger partial charge in [-0.25, -0.2) is 18.4 Å². The summed E-state index contributed by atoms with van der Waals surface area (Å²) in [5.74, 6) is -4.94. The standard InChI is InChI=1S/C15H23F2NO4/c1-5-21-12(19)11-10-7-6-9(8-15(10,16)17)18(11)13(20)22-14(2,3)4/h9-11H,5-8H2,1-4H3. The van der Waals surface area contributed by atoms with Crippen LogP contribution in [-0.2, 0) is 14.3 Å². The minimum absolute atomic E-state index is 0.0838. The molecule has 0 radical (unpaired) electrons. The molecule has 0 N–H and O–H groups in total. The predicted molar refractivity (Wildman–Crippen MR) is 74.6 cm³/mol. The van der Waals surface area contributed by atoms with E-state index < -0.39 is 48.0 Å². The predicted octanol–water partition coefficient (Wildman–Crippen LogP) is 2.97. The summed E-state index contributed by atoms with van der Waals surface area (Å²) in [5.41, 5.74) is -0.754. The Morgan fingerprint density at radius 2 is 1.91 bits per heavy atom. The highest BCUT2D eigenvalue weighted by Gasteiger charge is 2.61. The molecule has 3 fully saturated rings. The summed E-state index contributed by atoms with van der Waals surface area (Å²) < 4.78 is 38.5. The maximum Gasteiger partial charge on any atom is 0.411 e. The van der Waals surface area contributed by atoms with Gasteiger partial charge in [0.05, 0.1) is 12.5 Å². The Bertz CT molecular complexity index is 461. The molecule has 2 heterocycles. The molecule has 2 saturated heterocycles. The van der Waals surface area contributed by atoms with Crippen molar-refractivity contribution in [2.24, 2.45) is 5.92 Å². The molecule has 0 aromatic carbocycles. The van der Waals surface area contributed by atoms with E-state index in [2.05, 4.69) is 0 Å². The van der Waals surface area contributed by atoms with Gasteiger partial charge in [0, 0.05) is 12.5 Å². The van der Waals surface area contributed by atoms with E-state index in [1.54, 1.807) is 27.7 Å². The second-order valence-corrected chi connectivity index (χ2v) is 6.89. The van der Waals surface area contributed by atoms with E-state index in [1.165, 1.54) is 4.90 Å². The number of ether oxygens (including phenoxy) is 2. The highest BCUT2D eigenvalue weighted by Crippen LogP contribution is 2.49. The first kappa shape index (κ1) is 17.0. The van der Waals surface area contributed by atoms with Gasteiger partial charge in [-0.1, -0.05) is 0 Å². The molecule has 0 spiro atoms. The Kier molecular flexibility index (Phi) is 4.37. The zero-order chi connectivity index (χ0) is 16.7. The third kappa shape index (κ3) is 3.17. The van der Waals surface area contributed by atoms with Crippen LogP contribution in [0, 0.1) is 5.92 Å². The van der Waals surface area contributed by atoms with Crippen LogP contribution in [-0.4, -0.2) is 47.2 Å². The van der Waals surface area contributed by atoms with Gasteiger partial charge in [-0.05, 0) is 40.5 Å². The number of carbonyl (C=O) groups excluding carboxylic acids is 2. The summed E-state index contributed by atoms with van der Waals surface area (Å²) in [6, 6.07) is -1.96. The van der Waals surface area contributed by atoms with Gasteiger partial charge in [0.1, 0.15) is 11.6 Å². The minimum Gasteiger partial charge on any atom is -0.464 e. The lowest BCUT2D eigenvalue weighted by Gasteiger charge is -2.52. The summed E-state index contributed by atoms with van der Waals surface area (Å²) in [6.07, 6.45) is -0.487. The van der Waals surface area contributed by atoms with Crippen molar-refractivity contribution in [2.45, 2.75) is 70.6 Å². The van der Waals surface area contributed by atoms with E-state index in [0.717, 1.165) is 0 Å². The molecule has 2 aliphatic heterocycles. The molecule has 22 heavy (non-hydrogen) atoms. The fraction of sp³-hybridized carbons (Fsp3) is 0.867. The lowest BCUT2D eigenvalue weighted by molar-refractivity contribution is -0.195. The normalized spacial score (nSPS) is 30.1. The van der Waals surface area contributed by atoms with E-state index in [9.17, 15) is 18.4 Å². The van der Waals surface area contributed by atoms with Gasteiger partial charge in [-0.2, -0.15) is 0 Å². The SMILES string of the molecule is CCOC(=O)C1C2CCC(CC2(F)F)N1C(=O)OC(C)(C)C. The van der Waals surface area contributed by atoms with Crippen molar-refractivity contribution >= 4 is 12.1 Å². The molecule has 2 bridgehead atoms. The highest BCUT2D eigenvalue weighted by molar-refractivity contribution is 5.83. The van der Waals surface area contributed by atoms with Gasteiger partial charge in [0.2, 0.25) is 0 Å². The van der Waals surface area contributed by atoms with Gasteiger partial charge < -0.3 is 9.47 Å². The Morgan fingerprint density at radius 3 is 2.41 bits per heavy atom. The average Bonchev–Trinajstić information content (AvgIpc) is 2.35. The lowest BCUT2D eigenvalue weighted by Crippen LogP contribution is -2.67. The fourth-order valence-electron chi connectivity index (χ4n) is 3.28. The largest absolute Gasteiger partial charge is 0.464 e. The summed E-state index contributed by atoms with van der Waals surface area (Å²) in [4.78, 5) is 25.7. The Hall–Kier alpha value is -1.40. The number of hydrogen-bond donors (Lipinski definition) is 0. The van der Waals surface area contributed by atoms with Crippen molar-refractivity contribution < 1.29 is 27.8 Å². The van der Waals surface area contributed by atoms with E-state index in [1.807, 2.05) is 0 Å². The number of nitrogens with zero attached hydrogens (tertiary/aromatic N) is 1. The Morgan fingerprint density at radius 1 is 1.27 bits per heavy atom. The lowest BCUT2D eigenvalue weighted by atomic mass is 9.72. The van der Waals surface area contributed by atoms with Crippen LogP contribution in [0.15, 0.2) is 0 Å². The van der Waals surface area contributed by atoms with Crippen molar-refractivity contribution in [3.8, 4) is 0 Å². The van der Waals surface area contributed by atoms with Crippen LogP contribution >= 0.6 is 0 Å². The van der Waals surface area contributed by atoms with Gasteiger partial charge in [-0.3, -0.25) is 4.90 Å². The van der Waals surface area contributed by atoms with Gasteiger partial charge in [0.25, 0.3) is 5.92 Å². The van der Waals surface area contributed by atoms with Crippen molar-refractivity contribution in [1.82, 2.24) is 4.90 Å². The molecule has 1 saturated carbocycles. The molecule has 0 aromatic rings. The zero-order valence-electron chi connectivity index (χ0n) is 13.4. The molecule has 3 unspecified atom stereocenters. The van der Waals surface area contributed by atoms with Crippen LogP contribution in [0.1, 0.15) is 47.0 Å². The Labute approximate surface area is 128 Å². The Balaban J connectivity index is 2.30. The number of halogens is 2. The maximum absolute atomic E-state index is 14.1. The van der Waals surface area contributed by atoms with Crippen molar-refractivity contribution in [3.63, 3.8) is 0 Å². The number of carbonyl (C=O) groups is 2. The van der Waals surface area contributed by atoms with Crippen molar-refractivity contribution in [3.05, 3.63) is 0 Å². The van der Waals surface area contributed by atoms with E-state index in [0.29, 0.717) is 6.42 Å². The van der Waals surface area contributed by atoms with Crippen LogP contribution in [0.4, 0.5) is 13.6 Å². The molecule has 126 valence electrons. The highest BCUT2D eigenvalue weighted by atomic mass is 19.3. The molecule has 3 atom stereocenters. The molecule has 1 amide bonds. The topological polar surface area (TPSA) is 55.8 Å². The van der Waals surface area contributed by atoms with Crippen molar-refractivity contribution in [2.75, 3.05) is 6.61 Å². The molecule has 7 heteroatoms. The number of rotatable bonds is 2.